The average molecular weight is 215 g/mol. The SMILES string of the molecule is COC(=O)CCCNCC1(O)CCCC1. The van der Waals surface area contributed by atoms with Crippen molar-refractivity contribution in [2.24, 2.45) is 0 Å². The molecule has 0 spiro atoms. The lowest BCUT2D eigenvalue weighted by Crippen LogP contribution is -2.38. The molecule has 0 aromatic rings. The van der Waals surface area contributed by atoms with Crippen LogP contribution < -0.4 is 5.32 Å². The molecule has 0 amide bonds. The van der Waals surface area contributed by atoms with E-state index in [1.807, 2.05) is 0 Å². The first-order chi connectivity index (χ1) is 7.16. The number of hydrogen-bond acceptors (Lipinski definition) is 4. The van der Waals surface area contributed by atoms with Gasteiger partial charge in [0.05, 0.1) is 12.7 Å². The van der Waals surface area contributed by atoms with Gasteiger partial charge >= 0.3 is 5.97 Å². The minimum absolute atomic E-state index is 0.170. The molecule has 0 aromatic heterocycles. The van der Waals surface area contributed by atoms with Crippen LogP contribution in [0.2, 0.25) is 0 Å². The summed E-state index contributed by atoms with van der Waals surface area (Å²) in [7, 11) is 1.40. The minimum Gasteiger partial charge on any atom is -0.469 e. The van der Waals surface area contributed by atoms with Crippen LogP contribution in [0, 0.1) is 0 Å². The molecule has 1 aliphatic rings. The standard InChI is InChI=1S/C11H21NO3/c1-15-10(13)5-4-8-12-9-11(14)6-2-3-7-11/h12,14H,2-9H2,1H3. The lowest BCUT2D eigenvalue weighted by atomic mass is 10.0. The summed E-state index contributed by atoms with van der Waals surface area (Å²) in [5.41, 5.74) is -0.495. The Bertz CT molecular complexity index is 200. The molecular formula is C11H21NO3. The second-order valence-electron chi connectivity index (χ2n) is 4.29. The summed E-state index contributed by atoms with van der Waals surface area (Å²) in [5, 5.41) is 13.2. The van der Waals surface area contributed by atoms with Gasteiger partial charge in [-0.05, 0) is 25.8 Å². The van der Waals surface area contributed by atoms with E-state index in [4.69, 9.17) is 0 Å². The summed E-state index contributed by atoms with van der Waals surface area (Å²) in [6.07, 6.45) is 5.26. The topological polar surface area (TPSA) is 58.6 Å². The average Bonchev–Trinajstić information content (AvgIpc) is 2.64. The molecule has 15 heavy (non-hydrogen) atoms. The van der Waals surface area contributed by atoms with Crippen molar-refractivity contribution in [3.8, 4) is 0 Å². The van der Waals surface area contributed by atoms with E-state index >= 15 is 0 Å². The molecule has 0 aromatic carbocycles. The van der Waals surface area contributed by atoms with Gasteiger partial charge < -0.3 is 15.2 Å². The van der Waals surface area contributed by atoms with Crippen molar-refractivity contribution in [3.05, 3.63) is 0 Å². The van der Waals surface area contributed by atoms with E-state index < -0.39 is 5.60 Å². The highest BCUT2D eigenvalue weighted by molar-refractivity contribution is 5.69. The van der Waals surface area contributed by atoms with Gasteiger partial charge in [0.15, 0.2) is 0 Å². The Labute approximate surface area is 91.0 Å². The van der Waals surface area contributed by atoms with Gasteiger partial charge in [-0.3, -0.25) is 4.79 Å². The second kappa shape index (κ2) is 6.08. The third kappa shape index (κ3) is 4.62. The van der Waals surface area contributed by atoms with Gasteiger partial charge in [-0.1, -0.05) is 12.8 Å². The Morgan fingerprint density at radius 3 is 2.73 bits per heavy atom. The summed E-state index contributed by atoms with van der Waals surface area (Å²) >= 11 is 0. The number of carbonyl (C=O) groups is 1. The zero-order valence-corrected chi connectivity index (χ0v) is 9.42. The molecule has 2 N–H and O–H groups in total. The van der Waals surface area contributed by atoms with Crippen molar-refractivity contribution in [2.75, 3.05) is 20.2 Å². The Morgan fingerprint density at radius 1 is 1.47 bits per heavy atom. The van der Waals surface area contributed by atoms with Gasteiger partial charge in [0.2, 0.25) is 0 Å². The third-order valence-electron chi connectivity index (χ3n) is 2.95. The highest BCUT2D eigenvalue weighted by Gasteiger charge is 2.30. The smallest absolute Gasteiger partial charge is 0.305 e. The summed E-state index contributed by atoms with van der Waals surface area (Å²) in [5.74, 6) is -0.170. The fourth-order valence-corrected chi connectivity index (χ4v) is 1.99. The lowest BCUT2D eigenvalue weighted by Gasteiger charge is -2.22. The first-order valence-electron chi connectivity index (χ1n) is 5.66. The predicted octanol–water partition coefficient (Wildman–Crippen LogP) is 0.834. The van der Waals surface area contributed by atoms with Crippen molar-refractivity contribution >= 4 is 5.97 Å². The second-order valence-corrected chi connectivity index (χ2v) is 4.29. The summed E-state index contributed by atoms with van der Waals surface area (Å²) in [6, 6.07) is 0. The maximum atomic E-state index is 10.8. The van der Waals surface area contributed by atoms with E-state index in [0.29, 0.717) is 13.0 Å². The van der Waals surface area contributed by atoms with Gasteiger partial charge in [-0.25, -0.2) is 0 Å². The summed E-state index contributed by atoms with van der Waals surface area (Å²) in [4.78, 5) is 10.8. The molecule has 0 unspecified atom stereocenters. The number of aliphatic hydroxyl groups is 1. The van der Waals surface area contributed by atoms with Crippen LogP contribution >= 0.6 is 0 Å². The van der Waals surface area contributed by atoms with Crippen LogP contribution in [0.25, 0.3) is 0 Å². The van der Waals surface area contributed by atoms with Gasteiger partial charge in [-0.15, -0.1) is 0 Å². The molecule has 1 fully saturated rings. The van der Waals surface area contributed by atoms with E-state index in [-0.39, 0.29) is 5.97 Å². The number of carbonyl (C=O) groups excluding carboxylic acids is 1. The molecule has 0 heterocycles. The van der Waals surface area contributed by atoms with Crippen LogP contribution in [0.5, 0.6) is 0 Å². The Kier molecular flexibility index (Phi) is 5.05. The summed E-state index contributed by atoms with van der Waals surface area (Å²) in [6.45, 7) is 1.41. The van der Waals surface area contributed by atoms with Crippen LogP contribution in [0.4, 0.5) is 0 Å². The molecule has 0 saturated heterocycles. The highest BCUT2D eigenvalue weighted by Crippen LogP contribution is 2.28. The van der Waals surface area contributed by atoms with E-state index in [1.54, 1.807) is 0 Å². The monoisotopic (exact) mass is 215 g/mol. The molecule has 1 rings (SSSR count). The van der Waals surface area contributed by atoms with Crippen molar-refractivity contribution in [2.45, 2.75) is 44.1 Å². The van der Waals surface area contributed by atoms with Crippen LogP contribution in [-0.4, -0.2) is 36.9 Å². The number of hydrogen-bond donors (Lipinski definition) is 2. The zero-order valence-electron chi connectivity index (χ0n) is 9.42. The molecule has 1 aliphatic carbocycles. The van der Waals surface area contributed by atoms with Gasteiger partial charge in [0.1, 0.15) is 0 Å². The summed E-state index contributed by atoms with van der Waals surface area (Å²) < 4.78 is 4.53. The van der Waals surface area contributed by atoms with Crippen molar-refractivity contribution in [1.82, 2.24) is 5.32 Å². The molecule has 4 heteroatoms. The maximum absolute atomic E-state index is 10.8. The van der Waals surface area contributed by atoms with Crippen LogP contribution in [0.1, 0.15) is 38.5 Å². The molecule has 0 aliphatic heterocycles. The molecule has 0 radical (unpaired) electrons. The van der Waals surface area contributed by atoms with Crippen LogP contribution in [0.15, 0.2) is 0 Å². The maximum Gasteiger partial charge on any atom is 0.305 e. The molecule has 0 bridgehead atoms. The minimum atomic E-state index is -0.495. The Hall–Kier alpha value is -0.610. The van der Waals surface area contributed by atoms with Crippen molar-refractivity contribution < 1.29 is 14.6 Å². The Morgan fingerprint density at radius 2 is 2.13 bits per heavy atom. The largest absolute Gasteiger partial charge is 0.469 e. The Balaban J connectivity index is 1.99. The normalized spacial score (nSPS) is 19.1. The van der Waals surface area contributed by atoms with Gasteiger partial charge in [-0.2, -0.15) is 0 Å². The number of methoxy groups -OCH3 is 1. The van der Waals surface area contributed by atoms with Crippen molar-refractivity contribution in [1.29, 1.82) is 0 Å². The number of ether oxygens (including phenoxy) is 1. The van der Waals surface area contributed by atoms with Crippen LogP contribution in [-0.2, 0) is 9.53 Å². The molecule has 4 nitrogen and oxygen atoms in total. The molecule has 0 atom stereocenters. The fourth-order valence-electron chi connectivity index (χ4n) is 1.99. The highest BCUT2D eigenvalue weighted by atomic mass is 16.5. The molecular weight excluding hydrogens is 194 g/mol. The van der Waals surface area contributed by atoms with Crippen molar-refractivity contribution in [3.63, 3.8) is 0 Å². The quantitative estimate of drug-likeness (QED) is 0.509. The first-order valence-corrected chi connectivity index (χ1v) is 5.66. The van der Waals surface area contributed by atoms with Crippen LogP contribution in [0.3, 0.4) is 0 Å². The van der Waals surface area contributed by atoms with Gasteiger partial charge in [0.25, 0.3) is 0 Å². The number of nitrogens with one attached hydrogen (secondary N) is 1. The number of esters is 1. The zero-order chi connectivity index (χ0) is 11.1. The first kappa shape index (κ1) is 12.5. The van der Waals surface area contributed by atoms with E-state index in [1.165, 1.54) is 7.11 Å². The van der Waals surface area contributed by atoms with E-state index in [9.17, 15) is 9.90 Å². The lowest BCUT2D eigenvalue weighted by molar-refractivity contribution is -0.140. The number of rotatable bonds is 6. The fraction of sp³-hybridized carbons (Fsp3) is 0.909. The predicted molar refractivity (Wildman–Crippen MR) is 57.5 cm³/mol. The van der Waals surface area contributed by atoms with Gasteiger partial charge in [0, 0.05) is 13.0 Å². The van der Waals surface area contributed by atoms with E-state index in [0.717, 1.165) is 38.6 Å². The third-order valence-corrected chi connectivity index (χ3v) is 2.95. The molecule has 88 valence electrons. The molecule has 1 saturated carbocycles. The van der Waals surface area contributed by atoms with E-state index in [2.05, 4.69) is 10.1 Å².